The second-order valence-corrected chi connectivity index (χ2v) is 48.5. The highest BCUT2D eigenvalue weighted by Gasteiger charge is 2.59. The number of unbranched alkanes of at least 4 members (excludes halogenated alkanes) is 26. The van der Waals surface area contributed by atoms with Crippen molar-refractivity contribution in [2.24, 2.45) is 0 Å². The predicted octanol–water partition coefficient (Wildman–Crippen LogP) is 25.8. The molecule has 0 rings (SSSR count). The molecule has 0 aromatic carbocycles. The van der Waals surface area contributed by atoms with E-state index in [0.717, 1.165) is 163 Å². The normalized spacial score (nSPS) is 13.0. The molecule has 0 N–H and O–H groups in total. The molecule has 0 heterocycles. The monoisotopic (exact) mass is 1260 g/mol. The number of allylic oxidation sites excluding steroid dienone is 1. The van der Waals surface area contributed by atoms with Gasteiger partial charge in [0.15, 0.2) is 14.1 Å². The van der Waals surface area contributed by atoms with E-state index in [2.05, 4.69) is 96.6 Å². The Bertz CT molecular complexity index is 1390. The molecule has 7 nitrogen and oxygen atoms in total. The summed E-state index contributed by atoms with van der Waals surface area (Å²) in [4.78, 5) is 13.4. The van der Waals surface area contributed by atoms with Crippen molar-refractivity contribution in [3.8, 4) is 0 Å². The molecular weight excluding hydrogens is 1110 g/mol. The summed E-state index contributed by atoms with van der Waals surface area (Å²) in [5.41, 5.74) is 0. The summed E-state index contributed by atoms with van der Waals surface area (Å²) in [5.74, 6) is 0.226. The van der Waals surface area contributed by atoms with Gasteiger partial charge in [-0.15, -0.1) is 0 Å². The third kappa shape index (κ3) is 36.7. The lowest BCUT2D eigenvalue weighted by molar-refractivity contribution is -0.115. The largest absolute Gasteiger partial charge is 0.518 e. The molecule has 0 atom stereocenters. The minimum absolute atomic E-state index is 0.0733. The molecule has 13 heteroatoms. The van der Waals surface area contributed by atoms with Crippen molar-refractivity contribution in [2.45, 2.75) is 426 Å². The second kappa shape index (κ2) is 52.1. The van der Waals surface area contributed by atoms with Crippen LogP contribution in [0.5, 0.6) is 0 Å². The molecule has 0 amide bonds. The van der Waals surface area contributed by atoms with Crippen LogP contribution in [0, 0.1) is 0 Å². The summed E-state index contributed by atoms with van der Waals surface area (Å²) in [7, 11) is -17.9. The molecule has 82 heavy (non-hydrogen) atoms. The van der Waals surface area contributed by atoms with Gasteiger partial charge in [0.1, 0.15) is 5.76 Å². The van der Waals surface area contributed by atoms with E-state index >= 15 is 0 Å². The zero-order valence-corrected chi connectivity index (χ0v) is 64.3. The Morgan fingerprint density at radius 3 is 0.585 bits per heavy atom. The molecule has 0 saturated carbocycles. The SMILES string of the molecule is C=C(O[Si](CCCCC)(CCCCC)O[Si](CCCCC)(CCCCC)O[Si](CCCCC)(CCCCC)O[Si](CCCCC)(CCCCC)O[Si](CCCCC)(CCCCC)O[Si](CCCCC)(CCCCC)CCCCC)C(C)=O. The number of rotatable bonds is 65. The average molecular weight is 1260 g/mol. The van der Waals surface area contributed by atoms with Gasteiger partial charge in [-0.05, 0) is 66.5 Å². The van der Waals surface area contributed by atoms with Gasteiger partial charge in [0.05, 0.1) is 0 Å². The Balaban J connectivity index is 9.59. The lowest BCUT2D eigenvalue weighted by Gasteiger charge is -2.51. The Kier molecular flexibility index (Phi) is 52.3. The Labute approximate surface area is 521 Å². The van der Waals surface area contributed by atoms with E-state index in [4.69, 9.17) is 25.0 Å². The fourth-order valence-electron chi connectivity index (χ4n) is 12.9. The Morgan fingerprint density at radius 2 is 0.402 bits per heavy atom. The summed E-state index contributed by atoms with van der Waals surface area (Å²) in [6.45, 7) is 36.9. The predicted molar refractivity (Wildman–Crippen MR) is 377 cm³/mol. The fraction of sp³-hybridized carbons (Fsp3) is 0.957. The standard InChI is InChI=1S/C69H148O7Si6/c1-16-29-42-55-77(56-43-30-17-2,57-44-31-18-3)72-79(60-47-34-21-6,61-48-35-22-7)74-81(64-51-38-25-10,65-52-39-26-11)76-82(66-53-40-27-12,67-54-41-28-13)75-80(62-49-36-23-8,63-50-37-24-9)73-78(58-45-32-19-4,59-46-33-20-5)71-69(15)68(14)70/h15-67H2,1-14H3. The van der Waals surface area contributed by atoms with Gasteiger partial charge in [-0.2, -0.15) is 0 Å². The number of hydrogen-bond acceptors (Lipinski definition) is 7. The van der Waals surface area contributed by atoms with Crippen molar-refractivity contribution in [1.82, 2.24) is 0 Å². The molecular formula is C69H148O7Si6. The molecule has 0 aromatic heterocycles. The van der Waals surface area contributed by atoms with Crippen LogP contribution in [0.4, 0.5) is 0 Å². The van der Waals surface area contributed by atoms with Crippen molar-refractivity contribution in [2.75, 3.05) is 0 Å². The highest BCUT2D eigenvalue weighted by molar-refractivity contribution is 6.93. The van der Waals surface area contributed by atoms with Crippen LogP contribution in [0.2, 0.25) is 78.6 Å². The number of hydrogen-bond donors (Lipinski definition) is 0. The third-order valence-corrected chi connectivity index (χ3v) is 48.6. The van der Waals surface area contributed by atoms with Gasteiger partial charge in [-0.3, -0.25) is 4.79 Å². The van der Waals surface area contributed by atoms with Crippen molar-refractivity contribution >= 4 is 56.9 Å². The van der Waals surface area contributed by atoms with E-state index in [-0.39, 0.29) is 5.78 Å². The molecule has 0 aliphatic rings. The molecule has 0 aliphatic carbocycles. The lowest BCUT2D eigenvalue weighted by Crippen LogP contribution is -2.66. The molecule has 0 fully saturated rings. The minimum atomic E-state index is -3.20. The molecule has 0 bridgehead atoms. The number of Topliss-reactive ketones (excluding diaryl/α,β-unsaturated/α-hetero) is 1. The first-order valence-electron chi connectivity index (χ1n) is 37.0. The first-order chi connectivity index (χ1) is 39.7. The van der Waals surface area contributed by atoms with Crippen molar-refractivity contribution in [3.63, 3.8) is 0 Å². The highest BCUT2D eigenvalue weighted by Crippen LogP contribution is 2.46. The van der Waals surface area contributed by atoms with E-state index in [1.165, 1.54) is 166 Å². The summed E-state index contributed by atoms with van der Waals surface area (Å²) >= 11 is 0. The van der Waals surface area contributed by atoms with Gasteiger partial charge in [-0.25, -0.2) is 0 Å². The topological polar surface area (TPSA) is 72.5 Å². The van der Waals surface area contributed by atoms with Crippen LogP contribution in [-0.2, 0) is 29.8 Å². The summed E-state index contributed by atoms with van der Waals surface area (Å²) in [5, 5.41) is 0. The minimum Gasteiger partial charge on any atom is -0.518 e. The quantitative estimate of drug-likeness (QED) is 0.0260. The van der Waals surface area contributed by atoms with Gasteiger partial charge in [-0.1, -0.05) is 347 Å². The highest BCUT2D eigenvalue weighted by atomic mass is 28.5. The summed E-state index contributed by atoms with van der Waals surface area (Å²) in [6, 6.07) is 14.0. The van der Waals surface area contributed by atoms with Gasteiger partial charge in [0, 0.05) is 19.0 Å². The number of carbonyl (C=O) groups excluding carboxylic acids is 1. The fourth-order valence-corrected chi connectivity index (χ4v) is 51.1. The van der Waals surface area contributed by atoms with E-state index in [9.17, 15) is 4.79 Å². The molecule has 0 spiro atoms. The van der Waals surface area contributed by atoms with E-state index in [1.54, 1.807) is 6.92 Å². The van der Waals surface area contributed by atoms with Crippen LogP contribution in [-0.4, -0.2) is 56.9 Å². The zero-order chi connectivity index (χ0) is 61.2. The smallest absolute Gasteiger partial charge is 0.390 e. The third-order valence-electron chi connectivity index (χ3n) is 17.9. The van der Waals surface area contributed by atoms with Crippen LogP contribution in [0.3, 0.4) is 0 Å². The molecule has 0 aliphatic heterocycles. The zero-order valence-electron chi connectivity index (χ0n) is 58.3. The maximum absolute atomic E-state index is 13.4. The first kappa shape index (κ1) is 82.3. The van der Waals surface area contributed by atoms with Gasteiger partial charge in [0.25, 0.3) is 0 Å². The van der Waals surface area contributed by atoms with Gasteiger partial charge in [0.2, 0.25) is 0 Å². The number of carbonyl (C=O) groups is 1. The number of ketones is 1. The van der Waals surface area contributed by atoms with Crippen LogP contribution in [0.1, 0.15) is 347 Å². The molecule has 0 aromatic rings. The first-order valence-corrected chi connectivity index (χ1v) is 50.7. The van der Waals surface area contributed by atoms with Crippen LogP contribution in [0.15, 0.2) is 12.3 Å². The van der Waals surface area contributed by atoms with Crippen molar-refractivity contribution in [3.05, 3.63) is 12.3 Å². The van der Waals surface area contributed by atoms with Gasteiger partial charge < -0.3 is 25.0 Å². The Hall–Kier alpha value is 0.311. The Morgan fingerprint density at radius 1 is 0.244 bits per heavy atom. The maximum Gasteiger partial charge on any atom is 0.390 e. The summed E-state index contributed by atoms with van der Waals surface area (Å²) < 4.78 is 51.6. The van der Waals surface area contributed by atoms with Crippen LogP contribution < -0.4 is 0 Å². The van der Waals surface area contributed by atoms with E-state index < -0.39 is 51.1 Å². The average Bonchev–Trinajstić information content (AvgIpc) is 3.51. The lowest BCUT2D eigenvalue weighted by atomic mass is 10.3. The second-order valence-electron chi connectivity index (χ2n) is 26.3. The molecule has 490 valence electrons. The molecule has 0 unspecified atom stereocenters. The molecule has 0 saturated heterocycles. The van der Waals surface area contributed by atoms with E-state index in [0.29, 0.717) is 5.76 Å². The summed E-state index contributed by atoms with van der Waals surface area (Å²) in [6.07, 6.45) is 46.4. The van der Waals surface area contributed by atoms with Gasteiger partial charge >= 0.3 is 42.8 Å². The van der Waals surface area contributed by atoms with Crippen molar-refractivity contribution in [1.29, 1.82) is 0 Å². The van der Waals surface area contributed by atoms with Crippen LogP contribution in [0.25, 0.3) is 0 Å². The molecule has 0 radical (unpaired) electrons. The van der Waals surface area contributed by atoms with Crippen molar-refractivity contribution < 1.29 is 29.8 Å². The maximum atomic E-state index is 13.4. The van der Waals surface area contributed by atoms with E-state index in [1.807, 2.05) is 0 Å². The van der Waals surface area contributed by atoms with Crippen LogP contribution >= 0.6 is 0 Å².